The van der Waals surface area contributed by atoms with Crippen LogP contribution in [0.15, 0.2) is 33.8 Å². The number of nitrogens with zero attached hydrogens (tertiary/aromatic N) is 2. The second kappa shape index (κ2) is 4.67. The molecule has 0 saturated carbocycles. The third-order valence-corrected chi connectivity index (χ3v) is 4.83. The Morgan fingerprint density at radius 2 is 2.18 bits per heavy atom. The topological polar surface area (TPSA) is 72.0 Å². The van der Waals surface area contributed by atoms with Gasteiger partial charge in [0, 0.05) is 16.0 Å². The lowest BCUT2D eigenvalue weighted by atomic mass is 10.3. The molecule has 1 N–H and O–H groups in total. The summed E-state index contributed by atoms with van der Waals surface area (Å²) in [6.07, 6.45) is 1.29. The van der Waals surface area contributed by atoms with Crippen molar-refractivity contribution in [1.82, 2.24) is 9.59 Å². The molecule has 1 aromatic heterocycles. The molecule has 1 heterocycles. The number of aromatic nitrogens is 2. The molecule has 9 heteroatoms. The zero-order valence-electron chi connectivity index (χ0n) is 8.09. The molecule has 1 aromatic carbocycles. The molecule has 2 aromatic rings. The highest BCUT2D eigenvalue weighted by Crippen LogP contribution is 2.25. The van der Waals surface area contributed by atoms with Gasteiger partial charge >= 0.3 is 0 Å². The zero-order chi connectivity index (χ0) is 12.5. The van der Waals surface area contributed by atoms with Crippen LogP contribution in [-0.2, 0) is 10.0 Å². The second-order valence-electron chi connectivity index (χ2n) is 2.96. The SMILES string of the molecule is O=S(=O)(Nc1cnns1)c1ccc(F)cc1Br. The molecule has 0 atom stereocenters. The van der Waals surface area contributed by atoms with Crippen LogP contribution in [0.1, 0.15) is 0 Å². The lowest BCUT2D eigenvalue weighted by molar-refractivity contribution is 0.599. The molecule has 0 spiro atoms. The normalized spacial score (nSPS) is 11.4. The lowest BCUT2D eigenvalue weighted by Gasteiger charge is -2.06. The Morgan fingerprint density at radius 1 is 1.41 bits per heavy atom. The summed E-state index contributed by atoms with van der Waals surface area (Å²) in [5.41, 5.74) is 0. The van der Waals surface area contributed by atoms with Gasteiger partial charge in [-0.1, -0.05) is 4.49 Å². The summed E-state index contributed by atoms with van der Waals surface area (Å²) in [5.74, 6) is -0.518. The van der Waals surface area contributed by atoms with Crippen LogP contribution in [0, 0.1) is 5.82 Å². The number of sulfonamides is 1. The smallest absolute Gasteiger partial charge is 0.263 e. The van der Waals surface area contributed by atoms with Crippen molar-refractivity contribution in [3.63, 3.8) is 0 Å². The van der Waals surface area contributed by atoms with Crippen LogP contribution in [-0.4, -0.2) is 18.0 Å². The fourth-order valence-corrected chi connectivity index (χ4v) is 3.83. The first-order chi connectivity index (χ1) is 7.99. The third kappa shape index (κ3) is 2.79. The van der Waals surface area contributed by atoms with Crippen molar-refractivity contribution in [2.24, 2.45) is 0 Å². The predicted molar refractivity (Wildman–Crippen MR) is 64.8 cm³/mol. The van der Waals surface area contributed by atoms with Crippen molar-refractivity contribution in [3.05, 3.63) is 34.7 Å². The van der Waals surface area contributed by atoms with Crippen LogP contribution < -0.4 is 4.72 Å². The zero-order valence-corrected chi connectivity index (χ0v) is 11.3. The average molecular weight is 338 g/mol. The Labute approximate surface area is 109 Å². The van der Waals surface area contributed by atoms with Crippen LogP contribution in [0.4, 0.5) is 9.39 Å². The highest BCUT2D eigenvalue weighted by atomic mass is 79.9. The molecule has 0 fully saturated rings. The summed E-state index contributed by atoms with van der Waals surface area (Å²) in [6.45, 7) is 0. The number of hydrogen-bond donors (Lipinski definition) is 1. The summed E-state index contributed by atoms with van der Waals surface area (Å²) >= 11 is 3.91. The molecule has 0 aliphatic carbocycles. The number of rotatable bonds is 3. The molecule has 0 radical (unpaired) electrons. The maximum absolute atomic E-state index is 12.8. The summed E-state index contributed by atoms with van der Waals surface area (Å²) in [6, 6.07) is 3.33. The van der Waals surface area contributed by atoms with E-state index in [0.29, 0.717) is 5.00 Å². The van der Waals surface area contributed by atoms with Gasteiger partial charge in [-0.2, -0.15) is 0 Å². The van der Waals surface area contributed by atoms with E-state index in [1.54, 1.807) is 0 Å². The van der Waals surface area contributed by atoms with Crippen LogP contribution in [0.3, 0.4) is 0 Å². The average Bonchev–Trinajstić information content (AvgIpc) is 2.68. The van der Waals surface area contributed by atoms with E-state index in [1.165, 1.54) is 12.3 Å². The first-order valence-corrected chi connectivity index (χ1v) is 7.29. The standard InChI is InChI=1S/C8H5BrFN3O2S2/c9-6-3-5(10)1-2-7(6)17(14,15)12-8-4-11-13-16-8/h1-4,12H. The first kappa shape index (κ1) is 12.4. The van der Waals surface area contributed by atoms with Gasteiger partial charge in [0.2, 0.25) is 0 Å². The molecular formula is C8H5BrFN3O2S2. The molecule has 5 nitrogen and oxygen atoms in total. The van der Waals surface area contributed by atoms with E-state index < -0.39 is 15.8 Å². The van der Waals surface area contributed by atoms with Crippen LogP contribution in [0.5, 0.6) is 0 Å². The number of benzene rings is 1. The van der Waals surface area contributed by atoms with E-state index in [4.69, 9.17) is 0 Å². The Morgan fingerprint density at radius 3 is 2.76 bits per heavy atom. The van der Waals surface area contributed by atoms with Gasteiger partial charge in [-0.15, -0.1) is 5.10 Å². The van der Waals surface area contributed by atoms with Gasteiger partial charge in [0.25, 0.3) is 10.0 Å². The highest BCUT2D eigenvalue weighted by molar-refractivity contribution is 9.10. The van der Waals surface area contributed by atoms with E-state index in [2.05, 4.69) is 30.2 Å². The van der Waals surface area contributed by atoms with E-state index in [1.807, 2.05) is 0 Å². The monoisotopic (exact) mass is 337 g/mol. The molecule has 2 rings (SSSR count). The highest BCUT2D eigenvalue weighted by Gasteiger charge is 2.18. The van der Waals surface area contributed by atoms with Crippen LogP contribution in [0.2, 0.25) is 0 Å². The minimum absolute atomic E-state index is 0.0488. The van der Waals surface area contributed by atoms with E-state index >= 15 is 0 Å². The number of anilines is 1. The molecule has 0 amide bonds. The van der Waals surface area contributed by atoms with Crippen molar-refractivity contribution in [2.75, 3.05) is 4.72 Å². The molecular weight excluding hydrogens is 333 g/mol. The molecule has 0 bridgehead atoms. The minimum Gasteiger partial charge on any atom is -0.268 e. The largest absolute Gasteiger partial charge is 0.268 e. The van der Waals surface area contributed by atoms with Gasteiger partial charge in [0.15, 0.2) is 0 Å². The van der Waals surface area contributed by atoms with Gasteiger partial charge in [-0.3, -0.25) is 4.72 Å². The third-order valence-electron chi connectivity index (χ3n) is 1.78. The van der Waals surface area contributed by atoms with E-state index in [9.17, 15) is 12.8 Å². The molecule has 0 aliphatic rings. The quantitative estimate of drug-likeness (QED) is 0.932. The van der Waals surface area contributed by atoms with E-state index in [0.717, 1.165) is 23.7 Å². The van der Waals surface area contributed by atoms with Gasteiger partial charge in [0.1, 0.15) is 15.7 Å². The van der Waals surface area contributed by atoms with Gasteiger partial charge in [-0.05, 0) is 34.1 Å². The van der Waals surface area contributed by atoms with E-state index in [-0.39, 0.29) is 9.37 Å². The number of nitrogens with one attached hydrogen (secondary N) is 1. The Balaban J connectivity index is 2.38. The maximum atomic E-state index is 12.8. The summed E-state index contributed by atoms with van der Waals surface area (Å²) < 4.78 is 42.7. The molecule has 90 valence electrons. The summed E-state index contributed by atoms with van der Waals surface area (Å²) in [5, 5.41) is 3.80. The summed E-state index contributed by atoms with van der Waals surface area (Å²) in [7, 11) is -3.76. The van der Waals surface area contributed by atoms with Gasteiger partial charge < -0.3 is 0 Å². The fourth-order valence-electron chi connectivity index (χ4n) is 1.09. The Bertz CT molecular complexity index is 630. The maximum Gasteiger partial charge on any atom is 0.263 e. The van der Waals surface area contributed by atoms with Crippen molar-refractivity contribution in [1.29, 1.82) is 0 Å². The van der Waals surface area contributed by atoms with Crippen molar-refractivity contribution in [3.8, 4) is 0 Å². The first-order valence-electron chi connectivity index (χ1n) is 4.24. The molecule has 0 aliphatic heterocycles. The van der Waals surface area contributed by atoms with Gasteiger partial charge in [0.05, 0.1) is 6.20 Å². The number of hydrogen-bond acceptors (Lipinski definition) is 5. The van der Waals surface area contributed by atoms with Crippen molar-refractivity contribution >= 4 is 42.5 Å². The Kier molecular flexibility index (Phi) is 3.40. The number of halogens is 2. The molecule has 0 saturated heterocycles. The minimum atomic E-state index is -3.76. The van der Waals surface area contributed by atoms with Gasteiger partial charge in [-0.25, -0.2) is 12.8 Å². The predicted octanol–water partition coefficient (Wildman–Crippen LogP) is 2.24. The van der Waals surface area contributed by atoms with Crippen LogP contribution >= 0.6 is 27.5 Å². The lowest BCUT2D eigenvalue weighted by Crippen LogP contribution is -2.12. The summed E-state index contributed by atoms with van der Waals surface area (Å²) in [4.78, 5) is -0.0488. The molecule has 0 unspecified atom stereocenters. The second-order valence-corrected chi connectivity index (χ2v) is 6.25. The van der Waals surface area contributed by atoms with Crippen molar-refractivity contribution in [2.45, 2.75) is 4.90 Å². The fraction of sp³-hybridized carbons (Fsp3) is 0. The van der Waals surface area contributed by atoms with Crippen molar-refractivity contribution < 1.29 is 12.8 Å². The Hall–Kier alpha value is -1.06. The molecule has 17 heavy (non-hydrogen) atoms. The van der Waals surface area contributed by atoms with Crippen LogP contribution in [0.25, 0.3) is 0 Å².